The van der Waals surface area contributed by atoms with E-state index < -0.39 is 0 Å². The summed E-state index contributed by atoms with van der Waals surface area (Å²) in [7, 11) is 4.63. The summed E-state index contributed by atoms with van der Waals surface area (Å²) in [6.45, 7) is 0.186. The van der Waals surface area contributed by atoms with Crippen molar-refractivity contribution in [3.63, 3.8) is 0 Å². The summed E-state index contributed by atoms with van der Waals surface area (Å²) in [6, 6.07) is 12.0. The molecule has 1 aromatic heterocycles. The van der Waals surface area contributed by atoms with E-state index in [9.17, 15) is 4.79 Å². The summed E-state index contributed by atoms with van der Waals surface area (Å²) in [5, 5.41) is 7.22. The molecule has 0 atom stereocenters. The van der Waals surface area contributed by atoms with E-state index in [1.54, 1.807) is 50.6 Å². The van der Waals surface area contributed by atoms with Gasteiger partial charge in [-0.2, -0.15) is 0 Å². The number of ether oxygens (including phenoxy) is 3. The second-order valence-corrected chi connectivity index (χ2v) is 6.22. The Kier molecular flexibility index (Phi) is 6.06. The third-order valence-corrected chi connectivity index (χ3v) is 4.30. The topological polar surface area (TPSA) is 82.8 Å². The van der Waals surface area contributed by atoms with E-state index in [1.807, 2.05) is 6.07 Å². The largest absolute Gasteiger partial charge is 0.496 e. The zero-order valence-electron chi connectivity index (χ0n) is 15.6. The predicted molar refractivity (Wildman–Crippen MR) is 104 cm³/mol. The van der Waals surface area contributed by atoms with E-state index in [0.717, 1.165) is 5.56 Å². The Morgan fingerprint density at radius 3 is 2.43 bits per heavy atom. The van der Waals surface area contributed by atoms with Gasteiger partial charge in [-0.3, -0.25) is 4.79 Å². The molecule has 2 aromatic carbocycles. The molecule has 3 aromatic rings. The van der Waals surface area contributed by atoms with Gasteiger partial charge in [0.15, 0.2) is 17.3 Å². The van der Waals surface area contributed by atoms with E-state index >= 15 is 0 Å². The van der Waals surface area contributed by atoms with Crippen LogP contribution in [-0.4, -0.2) is 32.4 Å². The van der Waals surface area contributed by atoms with Gasteiger partial charge in [-0.1, -0.05) is 16.8 Å². The van der Waals surface area contributed by atoms with Crippen LogP contribution in [0.5, 0.6) is 17.2 Å². The molecule has 1 heterocycles. The van der Waals surface area contributed by atoms with Crippen LogP contribution in [0.15, 0.2) is 47.0 Å². The summed E-state index contributed by atoms with van der Waals surface area (Å²) in [4.78, 5) is 12.4. The molecule has 3 rings (SSSR count). The van der Waals surface area contributed by atoms with Gasteiger partial charge in [-0.25, -0.2) is 0 Å². The number of carbonyl (C=O) groups excluding carboxylic acids is 1. The SMILES string of the molecule is COc1ccc(-c2cc(CNC(=O)c3cc(Cl)ccc3OC)no2)cc1OC. The maximum atomic E-state index is 12.4. The van der Waals surface area contributed by atoms with Crippen molar-refractivity contribution in [2.45, 2.75) is 6.54 Å². The normalized spacial score (nSPS) is 10.4. The van der Waals surface area contributed by atoms with Crippen LogP contribution < -0.4 is 19.5 Å². The molecule has 0 spiro atoms. The van der Waals surface area contributed by atoms with Gasteiger partial charge >= 0.3 is 0 Å². The van der Waals surface area contributed by atoms with Crippen molar-refractivity contribution in [1.82, 2.24) is 10.5 Å². The quantitative estimate of drug-likeness (QED) is 0.644. The summed E-state index contributed by atoms with van der Waals surface area (Å²) in [5.41, 5.74) is 1.69. The van der Waals surface area contributed by atoms with E-state index in [-0.39, 0.29) is 12.5 Å². The number of nitrogens with one attached hydrogen (secondary N) is 1. The molecule has 8 heteroatoms. The molecule has 0 saturated carbocycles. The van der Waals surface area contributed by atoms with E-state index in [0.29, 0.717) is 39.3 Å². The molecule has 146 valence electrons. The van der Waals surface area contributed by atoms with Gasteiger partial charge in [0.1, 0.15) is 11.4 Å². The average molecular weight is 403 g/mol. The number of carbonyl (C=O) groups is 1. The lowest BCUT2D eigenvalue weighted by molar-refractivity contribution is 0.0947. The minimum atomic E-state index is -0.324. The fraction of sp³-hybridized carbons (Fsp3) is 0.200. The monoisotopic (exact) mass is 402 g/mol. The third kappa shape index (κ3) is 4.20. The lowest BCUT2D eigenvalue weighted by Crippen LogP contribution is -2.23. The Hall–Kier alpha value is -3.19. The van der Waals surface area contributed by atoms with Gasteiger partial charge in [0, 0.05) is 16.7 Å². The van der Waals surface area contributed by atoms with Crippen LogP contribution in [0.1, 0.15) is 16.1 Å². The first-order valence-electron chi connectivity index (χ1n) is 8.35. The number of rotatable bonds is 7. The molecule has 0 fully saturated rings. The molecular weight excluding hydrogens is 384 g/mol. The van der Waals surface area contributed by atoms with Crippen molar-refractivity contribution in [2.24, 2.45) is 0 Å². The molecular formula is C20H19ClN2O5. The number of nitrogens with zero attached hydrogens (tertiary/aromatic N) is 1. The van der Waals surface area contributed by atoms with Crippen LogP contribution in [-0.2, 0) is 6.54 Å². The zero-order chi connectivity index (χ0) is 20.1. The number of benzene rings is 2. The second kappa shape index (κ2) is 8.67. The number of amides is 1. The van der Waals surface area contributed by atoms with E-state index in [4.69, 9.17) is 30.3 Å². The van der Waals surface area contributed by atoms with Crippen molar-refractivity contribution in [1.29, 1.82) is 0 Å². The fourth-order valence-corrected chi connectivity index (χ4v) is 2.82. The summed E-state index contributed by atoms with van der Waals surface area (Å²) >= 11 is 5.97. The standard InChI is InChI=1S/C20H19ClN2O5/c1-25-16-7-5-13(21)9-15(16)20(24)22-11-14-10-18(28-23-14)12-4-6-17(26-2)19(8-12)27-3/h4-10H,11H2,1-3H3,(H,22,24). The highest BCUT2D eigenvalue weighted by Gasteiger charge is 2.15. The Morgan fingerprint density at radius 2 is 1.71 bits per heavy atom. The minimum Gasteiger partial charge on any atom is -0.496 e. The van der Waals surface area contributed by atoms with Gasteiger partial charge in [0.2, 0.25) is 0 Å². The van der Waals surface area contributed by atoms with Crippen LogP contribution in [0.2, 0.25) is 5.02 Å². The first-order valence-corrected chi connectivity index (χ1v) is 8.73. The van der Waals surface area contributed by atoms with Gasteiger partial charge in [0.25, 0.3) is 5.91 Å². The highest BCUT2D eigenvalue weighted by molar-refractivity contribution is 6.31. The first-order chi connectivity index (χ1) is 13.5. The lowest BCUT2D eigenvalue weighted by Gasteiger charge is -2.08. The van der Waals surface area contributed by atoms with Gasteiger partial charge in [0.05, 0.1) is 33.4 Å². The van der Waals surface area contributed by atoms with Crippen LogP contribution >= 0.6 is 11.6 Å². The minimum absolute atomic E-state index is 0.186. The predicted octanol–water partition coefficient (Wildman–Crippen LogP) is 3.95. The Balaban J connectivity index is 1.72. The van der Waals surface area contributed by atoms with Crippen molar-refractivity contribution in [3.8, 4) is 28.6 Å². The maximum absolute atomic E-state index is 12.4. The number of halogens is 1. The smallest absolute Gasteiger partial charge is 0.255 e. The fourth-order valence-electron chi connectivity index (χ4n) is 2.64. The highest BCUT2D eigenvalue weighted by atomic mass is 35.5. The second-order valence-electron chi connectivity index (χ2n) is 5.78. The number of hydrogen-bond acceptors (Lipinski definition) is 6. The van der Waals surface area contributed by atoms with E-state index in [2.05, 4.69) is 10.5 Å². The molecule has 0 bridgehead atoms. The molecule has 0 saturated heterocycles. The van der Waals surface area contributed by atoms with Gasteiger partial charge < -0.3 is 24.1 Å². The molecule has 0 aliphatic rings. The van der Waals surface area contributed by atoms with Crippen molar-refractivity contribution >= 4 is 17.5 Å². The number of aromatic nitrogens is 1. The van der Waals surface area contributed by atoms with Crippen LogP contribution in [0.3, 0.4) is 0 Å². The Bertz CT molecular complexity index is 986. The first kappa shape index (κ1) is 19.6. The third-order valence-electron chi connectivity index (χ3n) is 4.06. The summed E-state index contributed by atoms with van der Waals surface area (Å²) in [5.74, 6) is 1.86. The highest BCUT2D eigenvalue weighted by Crippen LogP contribution is 2.32. The molecule has 1 amide bonds. The maximum Gasteiger partial charge on any atom is 0.255 e. The van der Waals surface area contributed by atoms with Crippen molar-refractivity contribution < 1.29 is 23.5 Å². The van der Waals surface area contributed by atoms with E-state index in [1.165, 1.54) is 7.11 Å². The number of methoxy groups -OCH3 is 3. The molecule has 28 heavy (non-hydrogen) atoms. The Morgan fingerprint density at radius 1 is 1.00 bits per heavy atom. The molecule has 7 nitrogen and oxygen atoms in total. The molecule has 0 aliphatic carbocycles. The van der Waals surface area contributed by atoms with Crippen molar-refractivity contribution in [2.75, 3.05) is 21.3 Å². The van der Waals surface area contributed by atoms with Crippen LogP contribution in [0, 0.1) is 0 Å². The Labute approximate surface area is 167 Å². The summed E-state index contributed by atoms with van der Waals surface area (Å²) in [6.07, 6.45) is 0. The van der Waals surface area contributed by atoms with Crippen molar-refractivity contribution in [3.05, 3.63) is 58.7 Å². The number of hydrogen-bond donors (Lipinski definition) is 1. The van der Waals surface area contributed by atoms with Gasteiger partial charge in [-0.05, 0) is 36.4 Å². The van der Waals surface area contributed by atoms with Gasteiger partial charge in [-0.15, -0.1) is 0 Å². The summed E-state index contributed by atoms with van der Waals surface area (Å²) < 4.78 is 21.1. The molecule has 0 radical (unpaired) electrons. The lowest BCUT2D eigenvalue weighted by atomic mass is 10.1. The molecule has 0 aliphatic heterocycles. The van der Waals surface area contributed by atoms with Crippen LogP contribution in [0.25, 0.3) is 11.3 Å². The van der Waals surface area contributed by atoms with Crippen LogP contribution in [0.4, 0.5) is 0 Å². The molecule has 1 N–H and O–H groups in total. The molecule has 0 unspecified atom stereocenters. The average Bonchev–Trinajstić information content (AvgIpc) is 3.20. The zero-order valence-corrected chi connectivity index (χ0v) is 16.4.